The molecule has 28 heavy (non-hydrogen) atoms. The van der Waals surface area contributed by atoms with Gasteiger partial charge in [-0.05, 0) is 36.8 Å². The Labute approximate surface area is 167 Å². The van der Waals surface area contributed by atoms with Crippen molar-refractivity contribution < 1.29 is 9.59 Å². The van der Waals surface area contributed by atoms with Gasteiger partial charge in [0, 0.05) is 24.7 Å². The predicted octanol–water partition coefficient (Wildman–Crippen LogP) is 2.62. The number of amides is 2. The summed E-state index contributed by atoms with van der Waals surface area (Å²) in [6.45, 7) is 1.81. The first-order valence-electron chi connectivity index (χ1n) is 8.73. The molecule has 3 rings (SSSR count). The molecule has 3 N–H and O–H groups in total. The van der Waals surface area contributed by atoms with E-state index < -0.39 is 5.91 Å². The molecule has 1 atom stereocenters. The zero-order valence-corrected chi connectivity index (χ0v) is 16.4. The van der Waals surface area contributed by atoms with Crippen LogP contribution in [-0.4, -0.2) is 31.8 Å². The molecule has 2 aromatic carbocycles. The van der Waals surface area contributed by atoms with Crippen LogP contribution in [0.4, 0.5) is 5.69 Å². The number of primary amides is 1. The van der Waals surface area contributed by atoms with Crippen LogP contribution in [0.3, 0.4) is 0 Å². The molecule has 2 amide bonds. The van der Waals surface area contributed by atoms with Gasteiger partial charge in [0.25, 0.3) is 0 Å². The van der Waals surface area contributed by atoms with Crippen molar-refractivity contribution in [2.45, 2.75) is 23.8 Å². The lowest BCUT2D eigenvalue weighted by Crippen LogP contribution is -2.23. The number of benzene rings is 2. The molecule has 0 radical (unpaired) electrons. The van der Waals surface area contributed by atoms with E-state index in [1.165, 1.54) is 11.8 Å². The number of anilines is 1. The maximum absolute atomic E-state index is 12.5. The van der Waals surface area contributed by atoms with Crippen molar-refractivity contribution in [3.05, 3.63) is 71.5 Å². The number of carbonyl (C=O) groups is 2. The maximum Gasteiger partial charge on any atom is 0.248 e. The second-order valence-electron chi connectivity index (χ2n) is 6.31. The summed E-state index contributed by atoms with van der Waals surface area (Å²) in [5.41, 5.74) is 7.37. The van der Waals surface area contributed by atoms with Gasteiger partial charge in [-0.25, -0.2) is 0 Å². The highest BCUT2D eigenvalue weighted by Crippen LogP contribution is 2.23. The fraction of sp³-hybridized carbons (Fsp3) is 0.200. The van der Waals surface area contributed by atoms with E-state index in [0.717, 1.165) is 11.4 Å². The first-order chi connectivity index (χ1) is 13.4. The normalized spacial score (nSPS) is 11.8. The van der Waals surface area contributed by atoms with E-state index in [1.807, 2.05) is 48.9 Å². The number of rotatable bonds is 7. The van der Waals surface area contributed by atoms with E-state index in [1.54, 1.807) is 24.3 Å². The lowest BCUT2D eigenvalue weighted by Gasteiger charge is -2.12. The maximum atomic E-state index is 12.5. The number of hydrogen-bond acceptors (Lipinski definition) is 5. The second kappa shape index (κ2) is 8.71. The van der Waals surface area contributed by atoms with Crippen LogP contribution in [0.1, 0.15) is 28.7 Å². The summed E-state index contributed by atoms with van der Waals surface area (Å²) < 4.78 is 1.91. The number of nitrogens with one attached hydrogen (secondary N) is 1. The topological polar surface area (TPSA) is 103 Å². The van der Waals surface area contributed by atoms with Crippen LogP contribution >= 0.6 is 11.8 Å². The molecule has 0 bridgehead atoms. The SMILES string of the molecule is C[C@@H](Sc1nnc(Cc2ccccc2)n1C)C(=O)Nc1ccc(C(N)=O)cc1. The number of carbonyl (C=O) groups excluding carboxylic acids is 2. The van der Waals surface area contributed by atoms with Crippen LogP contribution in [0.25, 0.3) is 0 Å². The molecule has 0 unspecified atom stereocenters. The number of nitrogens with two attached hydrogens (primary N) is 1. The molecule has 3 aromatic rings. The monoisotopic (exact) mass is 395 g/mol. The third-order valence-electron chi connectivity index (χ3n) is 4.22. The average Bonchev–Trinajstić information content (AvgIpc) is 3.02. The quantitative estimate of drug-likeness (QED) is 0.599. The third kappa shape index (κ3) is 4.77. The van der Waals surface area contributed by atoms with Crippen molar-refractivity contribution in [3.63, 3.8) is 0 Å². The Hall–Kier alpha value is -3.13. The van der Waals surface area contributed by atoms with Crippen molar-refractivity contribution in [3.8, 4) is 0 Å². The number of hydrogen-bond donors (Lipinski definition) is 2. The fourth-order valence-electron chi connectivity index (χ4n) is 2.55. The highest BCUT2D eigenvalue weighted by molar-refractivity contribution is 8.00. The minimum atomic E-state index is -0.504. The molecule has 144 valence electrons. The zero-order chi connectivity index (χ0) is 20.1. The molecule has 0 aliphatic heterocycles. The summed E-state index contributed by atoms with van der Waals surface area (Å²) in [5, 5.41) is 11.6. The smallest absolute Gasteiger partial charge is 0.248 e. The first-order valence-corrected chi connectivity index (χ1v) is 9.61. The Kier molecular flexibility index (Phi) is 6.10. The Morgan fingerprint density at radius 1 is 1.11 bits per heavy atom. The largest absolute Gasteiger partial charge is 0.366 e. The molecule has 0 saturated heterocycles. The molecule has 8 heteroatoms. The number of nitrogens with zero attached hydrogens (tertiary/aromatic N) is 3. The van der Waals surface area contributed by atoms with E-state index in [9.17, 15) is 9.59 Å². The standard InChI is InChI=1S/C20H21N5O2S/c1-13(19(27)22-16-10-8-15(9-11-16)18(21)26)28-20-24-23-17(25(20)2)12-14-6-4-3-5-7-14/h3-11,13H,12H2,1-2H3,(H2,21,26)(H,22,27)/t13-/m1/s1. The van der Waals surface area contributed by atoms with Gasteiger partial charge in [0.2, 0.25) is 11.8 Å². The van der Waals surface area contributed by atoms with E-state index >= 15 is 0 Å². The molecular formula is C20H21N5O2S. The zero-order valence-electron chi connectivity index (χ0n) is 15.6. The van der Waals surface area contributed by atoms with Crippen molar-refractivity contribution in [1.29, 1.82) is 0 Å². The average molecular weight is 395 g/mol. The number of aromatic nitrogens is 3. The molecular weight excluding hydrogens is 374 g/mol. The summed E-state index contributed by atoms with van der Waals surface area (Å²) in [7, 11) is 1.90. The molecule has 0 spiro atoms. The van der Waals surface area contributed by atoms with Crippen LogP contribution in [0, 0.1) is 0 Å². The summed E-state index contributed by atoms with van der Waals surface area (Å²) >= 11 is 1.34. The van der Waals surface area contributed by atoms with Gasteiger partial charge >= 0.3 is 0 Å². The summed E-state index contributed by atoms with van der Waals surface area (Å²) in [6.07, 6.45) is 0.678. The van der Waals surface area contributed by atoms with Crippen LogP contribution in [0.15, 0.2) is 59.8 Å². The van der Waals surface area contributed by atoms with Gasteiger partial charge in [-0.1, -0.05) is 42.1 Å². The Balaban J connectivity index is 1.61. The van der Waals surface area contributed by atoms with Gasteiger partial charge in [0.15, 0.2) is 5.16 Å². The first kappa shape index (κ1) is 19.6. The van der Waals surface area contributed by atoms with E-state index in [2.05, 4.69) is 15.5 Å². The third-order valence-corrected chi connectivity index (χ3v) is 5.35. The highest BCUT2D eigenvalue weighted by atomic mass is 32.2. The van der Waals surface area contributed by atoms with E-state index in [0.29, 0.717) is 22.8 Å². The Morgan fingerprint density at radius 3 is 2.43 bits per heavy atom. The predicted molar refractivity (Wildman–Crippen MR) is 109 cm³/mol. The van der Waals surface area contributed by atoms with Crippen LogP contribution in [0.5, 0.6) is 0 Å². The van der Waals surface area contributed by atoms with Gasteiger partial charge in [0.1, 0.15) is 5.82 Å². The molecule has 0 aliphatic carbocycles. The van der Waals surface area contributed by atoms with Gasteiger partial charge < -0.3 is 15.6 Å². The summed E-state index contributed by atoms with van der Waals surface area (Å²) in [6, 6.07) is 16.5. The van der Waals surface area contributed by atoms with E-state index in [4.69, 9.17) is 5.73 Å². The molecule has 0 aliphatic rings. The van der Waals surface area contributed by atoms with Gasteiger partial charge in [-0.3, -0.25) is 9.59 Å². The highest BCUT2D eigenvalue weighted by Gasteiger charge is 2.19. The van der Waals surface area contributed by atoms with Crippen LogP contribution in [-0.2, 0) is 18.3 Å². The lowest BCUT2D eigenvalue weighted by molar-refractivity contribution is -0.115. The van der Waals surface area contributed by atoms with Gasteiger partial charge in [-0.15, -0.1) is 10.2 Å². The van der Waals surface area contributed by atoms with Gasteiger partial charge in [0.05, 0.1) is 5.25 Å². The second-order valence-corrected chi connectivity index (χ2v) is 7.62. The van der Waals surface area contributed by atoms with Crippen LogP contribution < -0.4 is 11.1 Å². The van der Waals surface area contributed by atoms with E-state index in [-0.39, 0.29) is 11.2 Å². The summed E-state index contributed by atoms with van der Waals surface area (Å²) in [5.74, 6) is 0.170. The fourth-order valence-corrected chi connectivity index (χ4v) is 3.39. The molecule has 1 heterocycles. The minimum absolute atomic E-state index is 0.163. The lowest BCUT2D eigenvalue weighted by atomic mass is 10.1. The van der Waals surface area contributed by atoms with Crippen molar-refractivity contribution in [2.24, 2.45) is 12.8 Å². The van der Waals surface area contributed by atoms with Crippen LogP contribution in [0.2, 0.25) is 0 Å². The number of thioether (sulfide) groups is 1. The Morgan fingerprint density at radius 2 is 1.79 bits per heavy atom. The molecule has 7 nitrogen and oxygen atoms in total. The van der Waals surface area contributed by atoms with Gasteiger partial charge in [-0.2, -0.15) is 0 Å². The van der Waals surface area contributed by atoms with Crippen molar-refractivity contribution in [2.75, 3.05) is 5.32 Å². The molecule has 0 saturated carbocycles. The Bertz CT molecular complexity index is 970. The molecule has 0 fully saturated rings. The minimum Gasteiger partial charge on any atom is -0.366 e. The molecule has 1 aromatic heterocycles. The van der Waals surface area contributed by atoms with Crippen molar-refractivity contribution in [1.82, 2.24) is 14.8 Å². The summed E-state index contributed by atoms with van der Waals surface area (Å²) in [4.78, 5) is 23.6. The van der Waals surface area contributed by atoms with Crippen molar-refractivity contribution >= 4 is 29.3 Å².